The van der Waals surface area contributed by atoms with Crippen LogP contribution in [0, 0.1) is 10.5 Å². The molecule has 7 heteroatoms. The third-order valence-electron chi connectivity index (χ3n) is 2.90. The molecule has 110 valence electrons. The first-order valence-electron chi connectivity index (χ1n) is 6.15. The molecule has 1 unspecified atom stereocenters. The highest BCUT2D eigenvalue weighted by molar-refractivity contribution is 14.1. The number of nitrogens with zero attached hydrogens (tertiary/aromatic N) is 1. The maximum atomic E-state index is 12.3. The van der Waals surface area contributed by atoms with E-state index in [2.05, 4.69) is 32.9 Å². The van der Waals surface area contributed by atoms with E-state index in [9.17, 15) is 9.59 Å². The van der Waals surface area contributed by atoms with E-state index in [-0.39, 0.29) is 17.6 Å². The Kier molecular flexibility index (Phi) is 4.94. The molecule has 1 atom stereocenters. The summed E-state index contributed by atoms with van der Waals surface area (Å²) in [4.78, 5) is 27.1. The van der Waals surface area contributed by atoms with Crippen LogP contribution >= 0.6 is 33.9 Å². The number of benzene rings is 1. The fourth-order valence-electron chi connectivity index (χ4n) is 1.74. The van der Waals surface area contributed by atoms with Crippen molar-refractivity contribution in [2.45, 2.75) is 19.9 Å². The Balaban J connectivity index is 2.14. The minimum atomic E-state index is -1.07. The van der Waals surface area contributed by atoms with Crippen LogP contribution in [0.1, 0.15) is 44.4 Å². The van der Waals surface area contributed by atoms with Crippen LogP contribution in [-0.2, 0) is 0 Å². The molecule has 0 radical (unpaired) electrons. The normalized spacial score (nSPS) is 12.0. The van der Waals surface area contributed by atoms with Gasteiger partial charge < -0.3 is 10.4 Å². The minimum Gasteiger partial charge on any atom is -0.476 e. The summed E-state index contributed by atoms with van der Waals surface area (Å²) in [6.45, 7) is 3.73. The van der Waals surface area contributed by atoms with Crippen molar-refractivity contribution in [2.75, 3.05) is 0 Å². The summed E-state index contributed by atoms with van der Waals surface area (Å²) in [5.74, 6) is -1.26. The van der Waals surface area contributed by atoms with Gasteiger partial charge in [-0.1, -0.05) is 12.1 Å². The van der Waals surface area contributed by atoms with Gasteiger partial charge in [0, 0.05) is 8.95 Å². The van der Waals surface area contributed by atoms with E-state index in [1.807, 2.05) is 19.1 Å². The van der Waals surface area contributed by atoms with Crippen molar-refractivity contribution in [2.24, 2.45) is 0 Å². The van der Waals surface area contributed by atoms with Crippen molar-refractivity contribution in [3.05, 3.63) is 49.0 Å². The minimum absolute atomic E-state index is 0.00114. The van der Waals surface area contributed by atoms with E-state index in [0.717, 1.165) is 9.13 Å². The van der Waals surface area contributed by atoms with Crippen LogP contribution in [0.4, 0.5) is 0 Å². The highest BCUT2D eigenvalue weighted by Gasteiger charge is 2.18. The van der Waals surface area contributed by atoms with Gasteiger partial charge in [0.15, 0.2) is 5.69 Å². The molecule has 5 nitrogen and oxygen atoms in total. The molecular formula is C14H13IN2O3S. The van der Waals surface area contributed by atoms with Crippen molar-refractivity contribution in [3.63, 3.8) is 0 Å². The van der Waals surface area contributed by atoms with Crippen LogP contribution in [0.2, 0.25) is 0 Å². The Labute approximate surface area is 139 Å². The lowest BCUT2D eigenvalue weighted by molar-refractivity contribution is 0.0691. The van der Waals surface area contributed by atoms with Gasteiger partial charge >= 0.3 is 5.97 Å². The van der Waals surface area contributed by atoms with Gasteiger partial charge in [-0.05, 0) is 48.1 Å². The van der Waals surface area contributed by atoms with E-state index in [1.165, 1.54) is 16.7 Å². The topological polar surface area (TPSA) is 79.3 Å². The Morgan fingerprint density at radius 1 is 1.43 bits per heavy atom. The highest BCUT2D eigenvalue weighted by atomic mass is 127. The zero-order chi connectivity index (χ0) is 15.6. The van der Waals surface area contributed by atoms with E-state index in [4.69, 9.17) is 5.11 Å². The predicted octanol–water partition coefficient (Wildman–Crippen LogP) is 3.25. The Hall–Kier alpha value is -1.48. The van der Waals surface area contributed by atoms with Crippen LogP contribution in [0.5, 0.6) is 0 Å². The van der Waals surface area contributed by atoms with Crippen molar-refractivity contribution >= 4 is 45.8 Å². The van der Waals surface area contributed by atoms with Crippen LogP contribution < -0.4 is 5.32 Å². The number of carboxylic acids is 1. The lowest BCUT2D eigenvalue weighted by Gasteiger charge is -2.13. The van der Waals surface area contributed by atoms with Crippen molar-refractivity contribution in [1.29, 1.82) is 0 Å². The molecule has 0 saturated heterocycles. The number of carbonyl (C=O) groups is 2. The lowest BCUT2D eigenvalue weighted by Crippen LogP contribution is -2.27. The summed E-state index contributed by atoms with van der Waals surface area (Å²) >= 11 is 3.36. The number of nitrogens with one attached hydrogen (secondary N) is 1. The second-order valence-electron chi connectivity index (χ2n) is 4.51. The van der Waals surface area contributed by atoms with E-state index in [1.54, 1.807) is 13.0 Å². The molecule has 0 saturated carbocycles. The first kappa shape index (κ1) is 15.9. The maximum absolute atomic E-state index is 12.3. The molecule has 2 aromatic rings. The Bertz CT molecular complexity index is 699. The van der Waals surface area contributed by atoms with Gasteiger partial charge in [-0.2, -0.15) is 0 Å². The van der Waals surface area contributed by atoms with Gasteiger partial charge in [-0.15, -0.1) is 11.3 Å². The molecule has 0 fully saturated rings. The third kappa shape index (κ3) is 3.59. The maximum Gasteiger partial charge on any atom is 0.355 e. The number of halogens is 1. The summed E-state index contributed by atoms with van der Waals surface area (Å²) in [7, 11) is 0. The second-order valence-corrected chi connectivity index (χ2v) is 6.48. The number of carbonyl (C=O) groups excluding carboxylic acids is 1. The summed E-state index contributed by atoms with van der Waals surface area (Å²) in [6.07, 6.45) is 0. The molecule has 21 heavy (non-hydrogen) atoms. The average molecular weight is 416 g/mol. The number of aromatic nitrogens is 1. The molecule has 1 aromatic carbocycles. The molecule has 0 aliphatic carbocycles. The van der Waals surface area contributed by atoms with Gasteiger partial charge in [0.05, 0.1) is 11.6 Å². The molecular weight excluding hydrogens is 403 g/mol. The third-order valence-corrected chi connectivity index (χ3v) is 5.35. The number of hydrogen-bond acceptors (Lipinski definition) is 4. The number of aromatic carboxylic acids is 1. The van der Waals surface area contributed by atoms with Crippen LogP contribution in [0.25, 0.3) is 0 Å². The smallest absolute Gasteiger partial charge is 0.355 e. The second kappa shape index (κ2) is 6.52. The number of thiazole rings is 1. The SMILES string of the molecule is Cc1cccc(C(=O)NC(C)c2nc(C(=O)O)cs2)c1I. The Morgan fingerprint density at radius 3 is 2.76 bits per heavy atom. The van der Waals surface area contributed by atoms with E-state index in [0.29, 0.717) is 10.6 Å². The zero-order valence-electron chi connectivity index (χ0n) is 11.4. The monoisotopic (exact) mass is 416 g/mol. The number of rotatable bonds is 4. The summed E-state index contributed by atoms with van der Waals surface area (Å²) in [5.41, 5.74) is 1.65. The fraction of sp³-hybridized carbons (Fsp3) is 0.214. The van der Waals surface area contributed by atoms with Crippen molar-refractivity contribution < 1.29 is 14.7 Å². The van der Waals surface area contributed by atoms with Crippen molar-refractivity contribution in [3.8, 4) is 0 Å². The average Bonchev–Trinajstić information content (AvgIpc) is 2.91. The van der Waals surface area contributed by atoms with E-state index < -0.39 is 5.97 Å². The molecule has 1 heterocycles. The first-order valence-corrected chi connectivity index (χ1v) is 8.10. The quantitative estimate of drug-likeness (QED) is 0.751. The fourth-order valence-corrected chi connectivity index (χ4v) is 3.15. The summed E-state index contributed by atoms with van der Waals surface area (Å²) in [5, 5.41) is 13.7. The summed E-state index contributed by atoms with van der Waals surface area (Å²) < 4.78 is 0.908. The van der Waals surface area contributed by atoms with E-state index >= 15 is 0 Å². The van der Waals surface area contributed by atoms with Gasteiger partial charge in [0.2, 0.25) is 0 Å². The van der Waals surface area contributed by atoms with Crippen LogP contribution in [0.3, 0.4) is 0 Å². The molecule has 1 amide bonds. The van der Waals surface area contributed by atoms with Gasteiger partial charge in [-0.25, -0.2) is 9.78 Å². The van der Waals surface area contributed by atoms with Gasteiger partial charge in [0.25, 0.3) is 5.91 Å². The van der Waals surface area contributed by atoms with Crippen molar-refractivity contribution in [1.82, 2.24) is 10.3 Å². The molecule has 1 aromatic heterocycles. The molecule has 0 aliphatic rings. The first-order chi connectivity index (χ1) is 9.90. The van der Waals surface area contributed by atoms with Gasteiger partial charge in [0.1, 0.15) is 5.01 Å². The number of aryl methyl sites for hydroxylation is 1. The zero-order valence-corrected chi connectivity index (χ0v) is 14.4. The molecule has 0 spiro atoms. The molecule has 2 N–H and O–H groups in total. The lowest BCUT2D eigenvalue weighted by atomic mass is 10.1. The van der Waals surface area contributed by atoms with Crippen LogP contribution in [-0.4, -0.2) is 22.0 Å². The number of hydrogen-bond donors (Lipinski definition) is 2. The highest BCUT2D eigenvalue weighted by Crippen LogP contribution is 2.20. The Morgan fingerprint density at radius 2 is 2.14 bits per heavy atom. The molecule has 0 aliphatic heterocycles. The molecule has 0 bridgehead atoms. The molecule has 2 rings (SSSR count). The van der Waals surface area contributed by atoms with Crippen LogP contribution in [0.15, 0.2) is 23.6 Å². The predicted molar refractivity (Wildman–Crippen MR) is 88.9 cm³/mol. The number of amides is 1. The largest absolute Gasteiger partial charge is 0.476 e. The standard InChI is InChI=1S/C14H13IN2O3S/c1-7-4-3-5-9(11(7)15)12(18)16-8(2)13-17-10(6-21-13)14(19)20/h3-6,8H,1-2H3,(H,16,18)(H,19,20). The summed E-state index contributed by atoms with van der Waals surface area (Å²) in [6, 6.07) is 5.21. The van der Waals surface area contributed by atoms with Gasteiger partial charge in [-0.3, -0.25) is 4.79 Å². The number of carboxylic acid groups (broad SMARTS) is 1.